The summed E-state index contributed by atoms with van der Waals surface area (Å²) in [6.45, 7) is 9.01. The van der Waals surface area contributed by atoms with Crippen molar-refractivity contribution in [2.24, 2.45) is 0 Å². The number of rotatable bonds is 11. The monoisotopic (exact) mass is 361 g/mol. The van der Waals surface area contributed by atoms with Gasteiger partial charge in [0.25, 0.3) is 0 Å². The maximum absolute atomic E-state index is 5.81. The van der Waals surface area contributed by atoms with Gasteiger partial charge in [-0.3, -0.25) is 0 Å². The van der Waals surface area contributed by atoms with E-state index in [4.69, 9.17) is 4.74 Å². The minimum absolute atomic E-state index is 0.391. The molecule has 1 aromatic rings. The first-order valence-corrected chi connectivity index (χ1v) is 10.5. The van der Waals surface area contributed by atoms with Gasteiger partial charge in [-0.25, -0.2) is 0 Å². The van der Waals surface area contributed by atoms with E-state index in [9.17, 15) is 0 Å². The van der Waals surface area contributed by atoms with Gasteiger partial charge in [-0.05, 0) is 90.6 Å². The van der Waals surface area contributed by atoms with Crippen molar-refractivity contribution in [2.45, 2.75) is 51.5 Å². The van der Waals surface area contributed by atoms with Crippen molar-refractivity contribution in [1.29, 1.82) is 0 Å². The molecule has 0 aliphatic carbocycles. The van der Waals surface area contributed by atoms with Crippen LogP contribution in [0.1, 0.15) is 57.1 Å². The van der Waals surface area contributed by atoms with E-state index in [1.54, 1.807) is 0 Å². The molecule has 2 rings (SSSR count). The van der Waals surface area contributed by atoms with Gasteiger partial charge in [0, 0.05) is 12.6 Å². The molecule has 1 heterocycles. The molecule has 1 aliphatic heterocycles. The Morgan fingerprint density at radius 3 is 2.38 bits per heavy atom. The van der Waals surface area contributed by atoms with Crippen molar-refractivity contribution < 1.29 is 4.74 Å². The van der Waals surface area contributed by atoms with E-state index in [1.807, 2.05) is 0 Å². The van der Waals surface area contributed by atoms with Gasteiger partial charge in [0.2, 0.25) is 0 Å². The van der Waals surface area contributed by atoms with Gasteiger partial charge in [-0.15, -0.1) is 0 Å². The van der Waals surface area contributed by atoms with Crippen LogP contribution in [0.3, 0.4) is 0 Å². The van der Waals surface area contributed by atoms with Crippen LogP contribution in [-0.2, 0) is 0 Å². The van der Waals surface area contributed by atoms with E-state index in [-0.39, 0.29) is 0 Å². The number of hydrogen-bond acceptors (Lipinski definition) is 4. The minimum atomic E-state index is 0.391. The molecular weight excluding hydrogens is 322 g/mol. The molecule has 0 spiro atoms. The molecule has 1 atom stereocenters. The van der Waals surface area contributed by atoms with Crippen LogP contribution < -0.4 is 10.1 Å². The van der Waals surface area contributed by atoms with E-state index in [0.717, 1.165) is 31.9 Å². The molecule has 1 N–H and O–H groups in total. The molecule has 26 heavy (non-hydrogen) atoms. The standard InChI is InChI=1S/C22H39N3O/c1-20(23-14-8-18-25-16-6-4-5-7-17-25)21-10-12-22(13-11-21)26-19-9-15-24(2)3/h10-13,20,23H,4-9,14-19H2,1-3H3. The molecule has 4 heteroatoms. The molecule has 0 bridgehead atoms. The Morgan fingerprint density at radius 2 is 1.73 bits per heavy atom. The summed E-state index contributed by atoms with van der Waals surface area (Å²) in [5.41, 5.74) is 1.33. The predicted octanol–water partition coefficient (Wildman–Crippen LogP) is 3.93. The van der Waals surface area contributed by atoms with Crippen LogP contribution in [0, 0.1) is 0 Å². The van der Waals surface area contributed by atoms with Gasteiger partial charge in [-0.1, -0.05) is 25.0 Å². The number of likely N-dealkylation sites (tertiary alicyclic amines) is 1. The first kappa shape index (κ1) is 21.2. The summed E-state index contributed by atoms with van der Waals surface area (Å²) in [5, 5.41) is 3.67. The number of benzene rings is 1. The quantitative estimate of drug-likeness (QED) is 0.604. The molecule has 1 aliphatic rings. The van der Waals surface area contributed by atoms with Crippen molar-refractivity contribution >= 4 is 0 Å². The number of nitrogens with one attached hydrogen (secondary N) is 1. The average molecular weight is 362 g/mol. The van der Waals surface area contributed by atoms with E-state index < -0.39 is 0 Å². The van der Waals surface area contributed by atoms with Gasteiger partial charge in [-0.2, -0.15) is 0 Å². The van der Waals surface area contributed by atoms with Crippen LogP contribution in [0.5, 0.6) is 5.75 Å². The second-order valence-corrected chi connectivity index (χ2v) is 7.86. The van der Waals surface area contributed by atoms with Gasteiger partial charge in [0.05, 0.1) is 6.61 Å². The highest BCUT2D eigenvalue weighted by molar-refractivity contribution is 5.28. The Balaban J connectivity index is 1.61. The van der Waals surface area contributed by atoms with Crippen LogP contribution in [0.4, 0.5) is 0 Å². The SMILES string of the molecule is CC(NCCCN1CCCCCC1)c1ccc(OCCCN(C)C)cc1. The summed E-state index contributed by atoms with van der Waals surface area (Å²) in [5.74, 6) is 0.973. The maximum Gasteiger partial charge on any atom is 0.119 e. The number of hydrogen-bond donors (Lipinski definition) is 1. The van der Waals surface area contributed by atoms with Crippen molar-refractivity contribution in [3.63, 3.8) is 0 Å². The summed E-state index contributed by atoms with van der Waals surface area (Å²) in [6.07, 6.45) is 7.89. The summed E-state index contributed by atoms with van der Waals surface area (Å²) >= 11 is 0. The van der Waals surface area contributed by atoms with Gasteiger partial charge in [0.15, 0.2) is 0 Å². The van der Waals surface area contributed by atoms with Crippen LogP contribution in [0.25, 0.3) is 0 Å². The van der Waals surface area contributed by atoms with Crippen molar-refractivity contribution in [2.75, 3.05) is 53.4 Å². The molecule has 148 valence electrons. The molecule has 0 amide bonds. The van der Waals surface area contributed by atoms with Gasteiger partial charge in [0.1, 0.15) is 5.75 Å². The topological polar surface area (TPSA) is 27.7 Å². The van der Waals surface area contributed by atoms with Crippen LogP contribution in [0.15, 0.2) is 24.3 Å². The largest absolute Gasteiger partial charge is 0.494 e. The van der Waals surface area contributed by atoms with Gasteiger partial charge >= 0.3 is 0 Å². The van der Waals surface area contributed by atoms with E-state index in [0.29, 0.717) is 6.04 Å². The van der Waals surface area contributed by atoms with E-state index >= 15 is 0 Å². The summed E-state index contributed by atoms with van der Waals surface area (Å²) < 4.78 is 5.81. The zero-order valence-corrected chi connectivity index (χ0v) is 17.2. The van der Waals surface area contributed by atoms with Crippen LogP contribution in [-0.4, -0.2) is 63.2 Å². The fraction of sp³-hybridized carbons (Fsp3) is 0.727. The van der Waals surface area contributed by atoms with Gasteiger partial charge < -0.3 is 19.9 Å². The summed E-state index contributed by atoms with van der Waals surface area (Å²) in [4.78, 5) is 4.83. The normalized spacial score (nSPS) is 17.2. The highest BCUT2D eigenvalue weighted by Gasteiger charge is 2.09. The molecule has 0 radical (unpaired) electrons. The second kappa shape index (κ2) is 12.3. The Hall–Kier alpha value is -1.10. The first-order chi connectivity index (χ1) is 12.6. The Kier molecular flexibility index (Phi) is 10.0. The molecule has 1 saturated heterocycles. The fourth-order valence-electron chi connectivity index (χ4n) is 3.52. The summed E-state index contributed by atoms with van der Waals surface area (Å²) in [7, 11) is 4.19. The first-order valence-electron chi connectivity index (χ1n) is 10.5. The maximum atomic E-state index is 5.81. The molecule has 0 aromatic heterocycles. The Bertz CT molecular complexity index is 467. The Labute approximate surface area is 160 Å². The summed E-state index contributed by atoms with van der Waals surface area (Å²) in [6, 6.07) is 8.96. The Morgan fingerprint density at radius 1 is 1.04 bits per heavy atom. The van der Waals surface area contributed by atoms with Crippen LogP contribution in [0.2, 0.25) is 0 Å². The number of ether oxygens (including phenoxy) is 1. The zero-order valence-electron chi connectivity index (χ0n) is 17.2. The lowest BCUT2D eigenvalue weighted by atomic mass is 10.1. The third-order valence-electron chi connectivity index (χ3n) is 5.20. The fourth-order valence-corrected chi connectivity index (χ4v) is 3.52. The smallest absolute Gasteiger partial charge is 0.119 e. The van der Waals surface area contributed by atoms with E-state index in [2.05, 4.69) is 60.4 Å². The molecule has 4 nitrogen and oxygen atoms in total. The molecule has 1 aromatic carbocycles. The molecule has 1 fully saturated rings. The minimum Gasteiger partial charge on any atom is -0.494 e. The van der Waals surface area contributed by atoms with Crippen molar-refractivity contribution in [3.05, 3.63) is 29.8 Å². The second-order valence-electron chi connectivity index (χ2n) is 7.86. The molecular formula is C22H39N3O. The van der Waals surface area contributed by atoms with Crippen molar-refractivity contribution in [3.8, 4) is 5.75 Å². The highest BCUT2D eigenvalue weighted by atomic mass is 16.5. The predicted molar refractivity (Wildman–Crippen MR) is 111 cm³/mol. The third-order valence-corrected chi connectivity index (χ3v) is 5.20. The average Bonchev–Trinajstić information content (AvgIpc) is 2.91. The van der Waals surface area contributed by atoms with E-state index in [1.165, 1.54) is 57.3 Å². The number of nitrogens with zero attached hydrogens (tertiary/aromatic N) is 2. The third kappa shape index (κ3) is 8.52. The molecule has 1 unspecified atom stereocenters. The molecule has 0 saturated carbocycles. The van der Waals surface area contributed by atoms with Crippen LogP contribution >= 0.6 is 0 Å². The lowest BCUT2D eigenvalue weighted by molar-refractivity contribution is 0.278. The zero-order chi connectivity index (χ0) is 18.6. The lowest BCUT2D eigenvalue weighted by Crippen LogP contribution is -2.29. The van der Waals surface area contributed by atoms with Crippen molar-refractivity contribution in [1.82, 2.24) is 15.1 Å². The highest BCUT2D eigenvalue weighted by Crippen LogP contribution is 2.18. The lowest BCUT2D eigenvalue weighted by Gasteiger charge is -2.20.